The summed E-state index contributed by atoms with van der Waals surface area (Å²) < 4.78 is 18.7. The van der Waals surface area contributed by atoms with Crippen molar-refractivity contribution in [2.75, 3.05) is 33.9 Å². The van der Waals surface area contributed by atoms with Crippen LogP contribution in [0.4, 0.5) is 0 Å². The third kappa shape index (κ3) is 3.58. The molecule has 1 aliphatic rings. The van der Waals surface area contributed by atoms with Gasteiger partial charge in [0.2, 0.25) is 5.88 Å². The largest absolute Gasteiger partial charge is 0.493 e. The van der Waals surface area contributed by atoms with E-state index in [4.69, 9.17) is 14.2 Å². The summed E-state index contributed by atoms with van der Waals surface area (Å²) in [6.07, 6.45) is 2.30. The molecule has 2 aromatic rings. The minimum Gasteiger partial charge on any atom is -0.493 e. The first-order valence-corrected chi connectivity index (χ1v) is 8.73. The van der Waals surface area contributed by atoms with Gasteiger partial charge in [-0.15, -0.1) is 0 Å². The van der Waals surface area contributed by atoms with Gasteiger partial charge >= 0.3 is 0 Å². The first-order chi connectivity index (χ1) is 12.2. The predicted octanol–water partition coefficient (Wildman–Crippen LogP) is 2.96. The number of nitrogens with zero attached hydrogens (tertiary/aromatic N) is 3. The monoisotopic (exact) mass is 345 g/mol. The zero-order chi connectivity index (χ0) is 17.8. The standard InChI is InChI=1S/C19H27N3O3/c1-14-18(19(24-4)21(2)20-14)15-8-7-11-22(15)12-13-25-17-10-6-5-9-16(17)23-3/h5-6,9-10,15H,7-8,11-13H2,1-4H3/t15-/m1/s1. The summed E-state index contributed by atoms with van der Waals surface area (Å²) in [4.78, 5) is 2.46. The van der Waals surface area contributed by atoms with Crippen molar-refractivity contribution in [1.82, 2.24) is 14.7 Å². The average molecular weight is 345 g/mol. The molecule has 0 aliphatic carbocycles. The molecule has 1 fully saturated rings. The maximum absolute atomic E-state index is 5.95. The van der Waals surface area contributed by atoms with Gasteiger partial charge in [0.15, 0.2) is 11.5 Å². The Balaban J connectivity index is 1.67. The minimum absolute atomic E-state index is 0.338. The number of likely N-dealkylation sites (tertiary alicyclic amines) is 1. The van der Waals surface area contributed by atoms with Gasteiger partial charge < -0.3 is 14.2 Å². The maximum Gasteiger partial charge on any atom is 0.216 e. The number of aromatic nitrogens is 2. The number of para-hydroxylation sites is 2. The highest BCUT2D eigenvalue weighted by molar-refractivity contribution is 5.39. The number of benzene rings is 1. The van der Waals surface area contributed by atoms with E-state index in [9.17, 15) is 0 Å². The van der Waals surface area contributed by atoms with Crippen LogP contribution in [-0.2, 0) is 7.05 Å². The summed E-state index contributed by atoms with van der Waals surface area (Å²) in [6, 6.07) is 8.09. The molecule has 0 radical (unpaired) electrons. The van der Waals surface area contributed by atoms with E-state index in [1.807, 2.05) is 36.0 Å². The number of ether oxygens (including phenoxy) is 3. The smallest absolute Gasteiger partial charge is 0.216 e. The Kier molecular flexibility index (Phi) is 5.48. The topological polar surface area (TPSA) is 48.8 Å². The van der Waals surface area contributed by atoms with Crippen LogP contribution in [0.25, 0.3) is 0 Å². The number of aryl methyl sites for hydroxylation is 2. The predicted molar refractivity (Wildman–Crippen MR) is 96.5 cm³/mol. The van der Waals surface area contributed by atoms with Crippen LogP contribution in [-0.4, -0.2) is 48.6 Å². The molecule has 1 saturated heterocycles. The van der Waals surface area contributed by atoms with E-state index in [1.165, 1.54) is 12.0 Å². The second-order valence-corrected chi connectivity index (χ2v) is 6.33. The van der Waals surface area contributed by atoms with E-state index >= 15 is 0 Å². The molecular formula is C19H27N3O3. The molecule has 1 atom stereocenters. The third-order valence-electron chi connectivity index (χ3n) is 4.81. The lowest BCUT2D eigenvalue weighted by Crippen LogP contribution is -2.28. The van der Waals surface area contributed by atoms with Crippen LogP contribution in [0.3, 0.4) is 0 Å². The Morgan fingerprint density at radius 2 is 1.92 bits per heavy atom. The fourth-order valence-corrected chi connectivity index (χ4v) is 3.71. The highest BCUT2D eigenvalue weighted by atomic mass is 16.5. The van der Waals surface area contributed by atoms with Crippen molar-refractivity contribution in [2.45, 2.75) is 25.8 Å². The van der Waals surface area contributed by atoms with Crippen LogP contribution >= 0.6 is 0 Å². The number of methoxy groups -OCH3 is 2. The highest BCUT2D eigenvalue weighted by Crippen LogP contribution is 2.38. The lowest BCUT2D eigenvalue weighted by molar-refractivity contribution is 0.191. The fourth-order valence-electron chi connectivity index (χ4n) is 3.71. The van der Waals surface area contributed by atoms with Gasteiger partial charge in [-0.2, -0.15) is 5.10 Å². The van der Waals surface area contributed by atoms with Crippen molar-refractivity contribution in [2.24, 2.45) is 7.05 Å². The molecule has 0 spiro atoms. The molecule has 6 nitrogen and oxygen atoms in total. The molecule has 25 heavy (non-hydrogen) atoms. The number of hydrogen-bond donors (Lipinski definition) is 0. The molecule has 0 N–H and O–H groups in total. The fraction of sp³-hybridized carbons (Fsp3) is 0.526. The van der Waals surface area contributed by atoms with Crippen molar-refractivity contribution in [3.05, 3.63) is 35.5 Å². The van der Waals surface area contributed by atoms with Gasteiger partial charge in [0.25, 0.3) is 0 Å². The summed E-state index contributed by atoms with van der Waals surface area (Å²) in [6.45, 7) is 4.61. The van der Waals surface area contributed by atoms with E-state index < -0.39 is 0 Å². The molecule has 1 aromatic carbocycles. The average Bonchev–Trinajstić information content (AvgIpc) is 3.18. The summed E-state index contributed by atoms with van der Waals surface area (Å²) in [7, 11) is 5.31. The molecule has 3 rings (SSSR count). The van der Waals surface area contributed by atoms with E-state index in [0.717, 1.165) is 42.6 Å². The van der Waals surface area contributed by atoms with Gasteiger partial charge in [-0.1, -0.05) is 12.1 Å². The molecule has 0 bridgehead atoms. The lowest BCUT2D eigenvalue weighted by Gasteiger charge is -2.25. The zero-order valence-corrected chi connectivity index (χ0v) is 15.5. The minimum atomic E-state index is 0.338. The molecule has 1 aromatic heterocycles. The van der Waals surface area contributed by atoms with Gasteiger partial charge in [-0.05, 0) is 38.4 Å². The Hall–Kier alpha value is -2.21. The van der Waals surface area contributed by atoms with Gasteiger partial charge in [-0.3, -0.25) is 4.90 Å². The van der Waals surface area contributed by atoms with Crippen LogP contribution in [0, 0.1) is 6.92 Å². The zero-order valence-electron chi connectivity index (χ0n) is 15.5. The number of rotatable bonds is 7. The molecule has 0 amide bonds. The van der Waals surface area contributed by atoms with E-state index in [0.29, 0.717) is 12.6 Å². The van der Waals surface area contributed by atoms with Crippen molar-refractivity contribution >= 4 is 0 Å². The molecule has 1 aliphatic heterocycles. The summed E-state index contributed by atoms with van der Waals surface area (Å²) in [5.41, 5.74) is 2.25. The second-order valence-electron chi connectivity index (χ2n) is 6.33. The van der Waals surface area contributed by atoms with Gasteiger partial charge in [0.05, 0.1) is 25.5 Å². The normalized spacial score (nSPS) is 17.7. The van der Waals surface area contributed by atoms with Crippen LogP contribution in [0.15, 0.2) is 24.3 Å². The van der Waals surface area contributed by atoms with Crippen LogP contribution in [0.2, 0.25) is 0 Å². The Morgan fingerprint density at radius 3 is 2.64 bits per heavy atom. The van der Waals surface area contributed by atoms with E-state index in [2.05, 4.69) is 16.9 Å². The highest BCUT2D eigenvalue weighted by Gasteiger charge is 2.31. The summed E-state index contributed by atoms with van der Waals surface area (Å²) >= 11 is 0. The first-order valence-electron chi connectivity index (χ1n) is 8.73. The Bertz CT molecular complexity index is 714. The van der Waals surface area contributed by atoms with Gasteiger partial charge in [0.1, 0.15) is 6.61 Å². The quantitative estimate of drug-likeness (QED) is 0.772. The molecular weight excluding hydrogens is 318 g/mol. The molecule has 2 heterocycles. The van der Waals surface area contributed by atoms with Crippen LogP contribution < -0.4 is 14.2 Å². The Labute approximate surface area is 149 Å². The molecule has 0 unspecified atom stereocenters. The summed E-state index contributed by atoms with van der Waals surface area (Å²) in [5.74, 6) is 2.42. The molecule has 136 valence electrons. The van der Waals surface area contributed by atoms with Crippen molar-refractivity contribution in [1.29, 1.82) is 0 Å². The first kappa shape index (κ1) is 17.6. The number of hydrogen-bond acceptors (Lipinski definition) is 5. The van der Waals surface area contributed by atoms with Gasteiger partial charge in [0, 0.05) is 19.6 Å². The lowest BCUT2D eigenvalue weighted by atomic mass is 10.1. The second kappa shape index (κ2) is 7.78. The van der Waals surface area contributed by atoms with Crippen molar-refractivity contribution < 1.29 is 14.2 Å². The van der Waals surface area contributed by atoms with Crippen molar-refractivity contribution in [3.8, 4) is 17.4 Å². The van der Waals surface area contributed by atoms with Crippen molar-refractivity contribution in [3.63, 3.8) is 0 Å². The maximum atomic E-state index is 5.95. The van der Waals surface area contributed by atoms with E-state index in [-0.39, 0.29) is 0 Å². The third-order valence-corrected chi connectivity index (χ3v) is 4.81. The SMILES string of the molecule is COc1ccccc1OCCN1CCC[C@@H]1c1c(C)nn(C)c1OC. The molecule has 6 heteroatoms. The summed E-state index contributed by atoms with van der Waals surface area (Å²) in [5, 5.41) is 4.53. The molecule has 0 saturated carbocycles. The van der Waals surface area contributed by atoms with Gasteiger partial charge in [-0.25, -0.2) is 4.68 Å². The van der Waals surface area contributed by atoms with Crippen LogP contribution in [0.5, 0.6) is 17.4 Å². The van der Waals surface area contributed by atoms with E-state index in [1.54, 1.807) is 14.2 Å². The van der Waals surface area contributed by atoms with Crippen LogP contribution in [0.1, 0.15) is 30.1 Å². The Morgan fingerprint density at radius 1 is 1.16 bits per heavy atom.